The van der Waals surface area contributed by atoms with Crippen molar-refractivity contribution in [2.75, 3.05) is 26.7 Å². The Balaban J connectivity index is 1.54. The molecule has 2 aromatic carbocycles. The standard InChI is InChI=1S/C26H32N4O2/c1-4-24-23(17-28-30(24)21-12-10-19(2)11-13-21)26(31)27-18-25(29-14-5-6-15-29)20-8-7-9-22(16-20)32-3/h7-13,16-17,25H,4-6,14-15,18H2,1-3H3,(H,27,31). The third-order valence-corrected chi connectivity index (χ3v) is 6.24. The van der Waals surface area contributed by atoms with Crippen LogP contribution in [0.15, 0.2) is 54.7 Å². The second kappa shape index (κ2) is 10.0. The number of nitrogens with one attached hydrogen (secondary N) is 1. The predicted molar refractivity (Wildman–Crippen MR) is 127 cm³/mol. The number of carbonyl (C=O) groups excluding carboxylic acids is 1. The fourth-order valence-corrected chi connectivity index (χ4v) is 4.46. The van der Waals surface area contributed by atoms with Crippen LogP contribution in [0.2, 0.25) is 0 Å². The number of likely N-dealkylation sites (tertiary alicyclic amines) is 1. The minimum Gasteiger partial charge on any atom is -0.497 e. The number of methoxy groups -OCH3 is 1. The normalized spacial score (nSPS) is 15.0. The molecule has 3 aromatic rings. The van der Waals surface area contributed by atoms with Crippen molar-refractivity contribution < 1.29 is 9.53 Å². The van der Waals surface area contributed by atoms with Gasteiger partial charge in [0, 0.05) is 6.54 Å². The molecule has 2 heterocycles. The van der Waals surface area contributed by atoms with Gasteiger partial charge in [-0.05, 0) is 69.1 Å². The van der Waals surface area contributed by atoms with Crippen molar-refractivity contribution in [2.24, 2.45) is 0 Å². The average molecular weight is 433 g/mol. The van der Waals surface area contributed by atoms with E-state index in [4.69, 9.17) is 4.74 Å². The van der Waals surface area contributed by atoms with Crippen LogP contribution >= 0.6 is 0 Å². The maximum absolute atomic E-state index is 13.2. The first-order valence-electron chi connectivity index (χ1n) is 11.4. The summed E-state index contributed by atoms with van der Waals surface area (Å²) in [4.78, 5) is 15.6. The van der Waals surface area contributed by atoms with Gasteiger partial charge in [-0.25, -0.2) is 4.68 Å². The third-order valence-electron chi connectivity index (χ3n) is 6.24. The number of nitrogens with zero attached hydrogens (tertiary/aromatic N) is 3. The molecule has 1 saturated heterocycles. The summed E-state index contributed by atoms with van der Waals surface area (Å²) in [7, 11) is 1.68. The summed E-state index contributed by atoms with van der Waals surface area (Å²) in [6, 6.07) is 16.5. The van der Waals surface area contributed by atoms with Gasteiger partial charge in [-0.2, -0.15) is 5.10 Å². The van der Waals surface area contributed by atoms with Crippen LogP contribution in [0.5, 0.6) is 5.75 Å². The van der Waals surface area contributed by atoms with Crippen LogP contribution in [0.25, 0.3) is 5.69 Å². The van der Waals surface area contributed by atoms with E-state index >= 15 is 0 Å². The molecule has 1 aliphatic heterocycles. The highest BCUT2D eigenvalue weighted by Gasteiger charge is 2.25. The third kappa shape index (κ3) is 4.70. The van der Waals surface area contributed by atoms with Crippen molar-refractivity contribution in [1.29, 1.82) is 0 Å². The van der Waals surface area contributed by atoms with E-state index in [1.54, 1.807) is 13.3 Å². The van der Waals surface area contributed by atoms with Crippen LogP contribution in [-0.4, -0.2) is 47.3 Å². The number of benzene rings is 2. The number of hydrogen-bond acceptors (Lipinski definition) is 4. The first kappa shape index (κ1) is 22.1. The second-order valence-electron chi connectivity index (χ2n) is 8.35. The number of aromatic nitrogens is 2. The fourth-order valence-electron chi connectivity index (χ4n) is 4.46. The Morgan fingerprint density at radius 1 is 1.16 bits per heavy atom. The first-order chi connectivity index (χ1) is 15.6. The van der Waals surface area contributed by atoms with E-state index in [9.17, 15) is 4.79 Å². The molecule has 1 atom stereocenters. The van der Waals surface area contributed by atoms with Crippen LogP contribution in [0.4, 0.5) is 0 Å². The van der Waals surface area contributed by atoms with E-state index in [2.05, 4.69) is 53.4 Å². The Hall–Kier alpha value is -3.12. The number of rotatable bonds is 8. The second-order valence-corrected chi connectivity index (χ2v) is 8.35. The summed E-state index contributed by atoms with van der Waals surface area (Å²) < 4.78 is 7.30. The molecule has 0 aliphatic carbocycles. The van der Waals surface area contributed by atoms with Gasteiger partial charge in [0.1, 0.15) is 5.75 Å². The van der Waals surface area contributed by atoms with Crippen molar-refractivity contribution in [3.05, 3.63) is 77.1 Å². The molecule has 4 rings (SSSR count). The molecule has 1 aliphatic rings. The Morgan fingerprint density at radius 2 is 1.91 bits per heavy atom. The largest absolute Gasteiger partial charge is 0.497 e. The van der Waals surface area contributed by atoms with Crippen LogP contribution in [0.1, 0.15) is 53.0 Å². The van der Waals surface area contributed by atoms with Crippen LogP contribution in [0.3, 0.4) is 0 Å². The molecular weight excluding hydrogens is 400 g/mol. The molecule has 1 fully saturated rings. The Labute approximate surface area is 190 Å². The zero-order valence-corrected chi connectivity index (χ0v) is 19.2. The lowest BCUT2D eigenvalue weighted by Crippen LogP contribution is -2.37. The molecule has 1 aromatic heterocycles. The number of carbonyl (C=O) groups is 1. The lowest BCUT2D eigenvalue weighted by molar-refractivity contribution is 0.0937. The fraction of sp³-hybridized carbons (Fsp3) is 0.385. The average Bonchev–Trinajstić information content (AvgIpc) is 3.50. The highest BCUT2D eigenvalue weighted by Crippen LogP contribution is 2.27. The molecule has 0 radical (unpaired) electrons. The minimum atomic E-state index is -0.0766. The summed E-state index contributed by atoms with van der Waals surface area (Å²) >= 11 is 0. The van der Waals surface area contributed by atoms with E-state index in [1.807, 2.05) is 28.9 Å². The van der Waals surface area contributed by atoms with E-state index < -0.39 is 0 Å². The molecule has 6 heteroatoms. The van der Waals surface area contributed by atoms with Gasteiger partial charge in [0.05, 0.1) is 36.3 Å². The van der Waals surface area contributed by atoms with Crippen molar-refractivity contribution in [3.63, 3.8) is 0 Å². The monoisotopic (exact) mass is 432 g/mol. The van der Waals surface area contributed by atoms with Gasteiger partial charge in [0.25, 0.3) is 5.91 Å². The van der Waals surface area contributed by atoms with Gasteiger partial charge in [0.15, 0.2) is 0 Å². The highest BCUT2D eigenvalue weighted by molar-refractivity contribution is 5.95. The van der Waals surface area contributed by atoms with Crippen LogP contribution in [0, 0.1) is 6.92 Å². The summed E-state index contributed by atoms with van der Waals surface area (Å²) in [5, 5.41) is 7.71. The Bertz CT molecular complexity index is 1050. The number of aryl methyl sites for hydroxylation is 1. The molecular formula is C26H32N4O2. The minimum absolute atomic E-state index is 0.0766. The molecule has 6 nitrogen and oxygen atoms in total. The lowest BCUT2D eigenvalue weighted by atomic mass is 10.0. The van der Waals surface area contributed by atoms with E-state index in [0.717, 1.165) is 42.2 Å². The molecule has 32 heavy (non-hydrogen) atoms. The summed E-state index contributed by atoms with van der Waals surface area (Å²) in [5.41, 5.74) is 4.89. The number of hydrogen-bond donors (Lipinski definition) is 1. The zero-order valence-electron chi connectivity index (χ0n) is 19.2. The van der Waals surface area contributed by atoms with Crippen LogP contribution < -0.4 is 10.1 Å². The van der Waals surface area contributed by atoms with Gasteiger partial charge in [-0.1, -0.05) is 36.8 Å². The molecule has 168 valence electrons. The van der Waals surface area contributed by atoms with Gasteiger partial charge in [-0.15, -0.1) is 0 Å². The molecule has 0 spiro atoms. The van der Waals surface area contributed by atoms with Crippen molar-refractivity contribution in [3.8, 4) is 11.4 Å². The van der Waals surface area contributed by atoms with Crippen LogP contribution in [-0.2, 0) is 6.42 Å². The number of ether oxygens (including phenoxy) is 1. The summed E-state index contributed by atoms with van der Waals surface area (Å²) in [6.07, 6.45) is 4.79. The maximum Gasteiger partial charge on any atom is 0.254 e. The molecule has 1 unspecified atom stereocenters. The summed E-state index contributed by atoms with van der Waals surface area (Å²) in [6.45, 7) is 6.75. The van der Waals surface area contributed by atoms with Crippen molar-refractivity contribution in [2.45, 2.75) is 39.2 Å². The van der Waals surface area contributed by atoms with Gasteiger partial charge < -0.3 is 10.1 Å². The van der Waals surface area contributed by atoms with Crippen molar-refractivity contribution >= 4 is 5.91 Å². The van der Waals surface area contributed by atoms with Crippen molar-refractivity contribution in [1.82, 2.24) is 20.0 Å². The van der Waals surface area contributed by atoms with Gasteiger partial charge >= 0.3 is 0 Å². The number of amides is 1. The van der Waals surface area contributed by atoms with Gasteiger partial charge in [0.2, 0.25) is 0 Å². The predicted octanol–water partition coefficient (Wildman–Crippen LogP) is 4.32. The smallest absolute Gasteiger partial charge is 0.254 e. The lowest BCUT2D eigenvalue weighted by Gasteiger charge is -2.28. The first-order valence-corrected chi connectivity index (χ1v) is 11.4. The highest BCUT2D eigenvalue weighted by atomic mass is 16.5. The summed E-state index contributed by atoms with van der Waals surface area (Å²) in [5.74, 6) is 0.762. The van der Waals surface area contributed by atoms with Gasteiger partial charge in [-0.3, -0.25) is 9.69 Å². The van der Waals surface area contributed by atoms with E-state index in [-0.39, 0.29) is 11.9 Å². The topological polar surface area (TPSA) is 59.4 Å². The Morgan fingerprint density at radius 3 is 2.59 bits per heavy atom. The maximum atomic E-state index is 13.2. The van der Waals surface area contributed by atoms with E-state index in [1.165, 1.54) is 18.4 Å². The quantitative estimate of drug-likeness (QED) is 0.576. The molecule has 1 amide bonds. The molecule has 0 saturated carbocycles. The molecule has 0 bridgehead atoms. The van der Waals surface area contributed by atoms with E-state index in [0.29, 0.717) is 12.1 Å². The molecule has 1 N–H and O–H groups in total. The zero-order chi connectivity index (χ0) is 22.5. The Kier molecular flexibility index (Phi) is 6.90. The SMILES string of the molecule is CCc1c(C(=O)NCC(c2cccc(OC)c2)N2CCCC2)cnn1-c1ccc(C)cc1.